The highest BCUT2D eigenvalue weighted by Gasteiger charge is 2.34. The highest BCUT2D eigenvalue weighted by molar-refractivity contribution is 5.69. The fourth-order valence-electron chi connectivity index (χ4n) is 3.92. The summed E-state index contributed by atoms with van der Waals surface area (Å²) in [6.07, 6.45) is 12.7. The van der Waals surface area contributed by atoms with Crippen molar-refractivity contribution in [2.75, 3.05) is 0 Å². The number of rotatable bonds is 4. The normalized spacial score (nSPS) is 29.4. The van der Waals surface area contributed by atoms with Gasteiger partial charge < -0.3 is 4.74 Å². The lowest BCUT2D eigenvalue weighted by Gasteiger charge is -2.38. The summed E-state index contributed by atoms with van der Waals surface area (Å²) in [5.74, 6) is 1.92. The van der Waals surface area contributed by atoms with Gasteiger partial charge in [-0.05, 0) is 37.0 Å². The first-order chi connectivity index (χ1) is 9.16. The highest BCUT2D eigenvalue weighted by atomic mass is 16.5. The molecule has 110 valence electrons. The third kappa shape index (κ3) is 4.50. The van der Waals surface area contributed by atoms with E-state index >= 15 is 0 Å². The zero-order valence-electron chi connectivity index (χ0n) is 12.7. The van der Waals surface area contributed by atoms with Crippen LogP contribution in [-0.4, -0.2) is 12.1 Å². The summed E-state index contributed by atoms with van der Waals surface area (Å²) in [6, 6.07) is 0. The van der Waals surface area contributed by atoms with Crippen LogP contribution in [-0.2, 0) is 9.53 Å². The predicted molar refractivity (Wildman–Crippen MR) is 77.9 cm³/mol. The molecule has 2 aliphatic carbocycles. The molecule has 2 rings (SSSR count). The molecular weight excluding hydrogens is 236 g/mol. The van der Waals surface area contributed by atoms with Crippen molar-refractivity contribution >= 4 is 5.97 Å². The molecule has 0 aromatic heterocycles. The third-order valence-electron chi connectivity index (χ3n) is 4.87. The van der Waals surface area contributed by atoms with Gasteiger partial charge in [0.25, 0.3) is 0 Å². The molecule has 0 radical (unpaired) electrons. The van der Waals surface area contributed by atoms with Crippen molar-refractivity contribution < 1.29 is 9.53 Å². The van der Waals surface area contributed by atoms with E-state index in [1.807, 2.05) is 0 Å². The number of carbonyl (C=O) groups is 1. The topological polar surface area (TPSA) is 26.3 Å². The lowest BCUT2D eigenvalue weighted by Crippen LogP contribution is -2.36. The van der Waals surface area contributed by atoms with E-state index in [0.717, 1.165) is 12.3 Å². The Hall–Kier alpha value is -0.530. The Morgan fingerprint density at radius 3 is 2.32 bits per heavy atom. The maximum atomic E-state index is 11.9. The van der Waals surface area contributed by atoms with Crippen molar-refractivity contribution in [2.45, 2.75) is 84.2 Å². The molecule has 2 atom stereocenters. The van der Waals surface area contributed by atoms with Gasteiger partial charge in [-0.2, -0.15) is 0 Å². The number of ether oxygens (including phenoxy) is 1. The van der Waals surface area contributed by atoms with Crippen LogP contribution in [0.1, 0.15) is 78.1 Å². The van der Waals surface area contributed by atoms with Crippen molar-refractivity contribution in [3.8, 4) is 0 Å². The van der Waals surface area contributed by atoms with E-state index in [1.54, 1.807) is 0 Å². The second kappa shape index (κ2) is 7.31. The van der Waals surface area contributed by atoms with E-state index in [-0.39, 0.29) is 12.1 Å². The SMILES string of the molecule is CC(C)CC(=O)O[C@H]1CCCC[C@H]1C1CCCCC1. The Kier molecular flexibility index (Phi) is 5.72. The predicted octanol–water partition coefficient (Wildman–Crippen LogP) is 4.71. The molecule has 0 heterocycles. The van der Waals surface area contributed by atoms with Crippen LogP contribution in [0.25, 0.3) is 0 Å². The Morgan fingerprint density at radius 1 is 1.00 bits per heavy atom. The number of carbonyl (C=O) groups excluding carboxylic acids is 1. The zero-order chi connectivity index (χ0) is 13.7. The summed E-state index contributed by atoms with van der Waals surface area (Å²) in [6.45, 7) is 4.17. The standard InChI is InChI=1S/C17H30O2/c1-13(2)12-17(18)19-16-11-7-6-10-15(16)14-8-4-3-5-9-14/h13-16H,3-12H2,1-2H3/t15-,16-/m0/s1. The molecule has 0 amide bonds. The molecule has 2 nitrogen and oxygen atoms in total. The van der Waals surface area contributed by atoms with Crippen LogP contribution in [0.4, 0.5) is 0 Å². The van der Waals surface area contributed by atoms with Crippen molar-refractivity contribution in [3.05, 3.63) is 0 Å². The average molecular weight is 266 g/mol. The van der Waals surface area contributed by atoms with Crippen LogP contribution in [0.3, 0.4) is 0 Å². The van der Waals surface area contributed by atoms with Crippen LogP contribution in [0, 0.1) is 17.8 Å². The molecule has 0 spiro atoms. The Bertz CT molecular complexity index is 279. The van der Waals surface area contributed by atoms with Gasteiger partial charge in [-0.15, -0.1) is 0 Å². The second-order valence-electron chi connectivity index (χ2n) is 6.97. The van der Waals surface area contributed by atoms with E-state index < -0.39 is 0 Å². The summed E-state index contributed by atoms with van der Waals surface area (Å²) in [4.78, 5) is 11.9. The Morgan fingerprint density at radius 2 is 1.63 bits per heavy atom. The molecule has 0 aromatic rings. The molecule has 0 N–H and O–H groups in total. The molecule has 2 fully saturated rings. The van der Waals surface area contributed by atoms with Gasteiger partial charge in [0.1, 0.15) is 6.10 Å². The first kappa shape index (κ1) is 14.9. The van der Waals surface area contributed by atoms with E-state index in [0.29, 0.717) is 18.3 Å². The summed E-state index contributed by atoms with van der Waals surface area (Å²) in [5, 5.41) is 0. The second-order valence-corrected chi connectivity index (χ2v) is 6.97. The van der Waals surface area contributed by atoms with Crippen LogP contribution in [0.2, 0.25) is 0 Å². The van der Waals surface area contributed by atoms with Crippen LogP contribution in [0.5, 0.6) is 0 Å². The minimum Gasteiger partial charge on any atom is -0.462 e. The summed E-state index contributed by atoms with van der Waals surface area (Å²) >= 11 is 0. The molecule has 0 bridgehead atoms. The Labute approximate surface area is 118 Å². The fourth-order valence-corrected chi connectivity index (χ4v) is 3.92. The van der Waals surface area contributed by atoms with Crippen molar-refractivity contribution in [1.82, 2.24) is 0 Å². The molecule has 0 aliphatic heterocycles. The molecule has 2 saturated carbocycles. The summed E-state index contributed by atoms with van der Waals surface area (Å²) in [7, 11) is 0. The maximum Gasteiger partial charge on any atom is 0.306 e. The molecule has 2 heteroatoms. The van der Waals surface area contributed by atoms with E-state index in [9.17, 15) is 4.79 Å². The van der Waals surface area contributed by atoms with E-state index in [4.69, 9.17) is 4.74 Å². The van der Waals surface area contributed by atoms with Gasteiger partial charge in [0.15, 0.2) is 0 Å². The Balaban J connectivity index is 1.89. The zero-order valence-corrected chi connectivity index (χ0v) is 12.7. The van der Waals surface area contributed by atoms with Gasteiger partial charge in [0.2, 0.25) is 0 Å². The summed E-state index contributed by atoms with van der Waals surface area (Å²) in [5.41, 5.74) is 0. The smallest absolute Gasteiger partial charge is 0.306 e. The minimum atomic E-state index is 0.0303. The van der Waals surface area contributed by atoms with E-state index in [2.05, 4.69) is 13.8 Å². The molecule has 0 aromatic carbocycles. The van der Waals surface area contributed by atoms with Gasteiger partial charge in [-0.1, -0.05) is 52.4 Å². The van der Waals surface area contributed by atoms with Crippen LogP contribution < -0.4 is 0 Å². The minimum absolute atomic E-state index is 0.0303. The quantitative estimate of drug-likeness (QED) is 0.688. The van der Waals surface area contributed by atoms with Gasteiger partial charge in [0, 0.05) is 6.42 Å². The number of hydrogen-bond acceptors (Lipinski definition) is 2. The van der Waals surface area contributed by atoms with Crippen molar-refractivity contribution in [3.63, 3.8) is 0 Å². The first-order valence-electron chi connectivity index (χ1n) is 8.36. The first-order valence-corrected chi connectivity index (χ1v) is 8.36. The van der Waals surface area contributed by atoms with Gasteiger partial charge in [-0.3, -0.25) is 4.79 Å². The third-order valence-corrected chi connectivity index (χ3v) is 4.87. The molecule has 19 heavy (non-hydrogen) atoms. The fraction of sp³-hybridized carbons (Fsp3) is 0.941. The molecular formula is C17H30O2. The van der Waals surface area contributed by atoms with Gasteiger partial charge in [0.05, 0.1) is 0 Å². The molecule has 2 aliphatic rings. The van der Waals surface area contributed by atoms with E-state index in [1.165, 1.54) is 51.4 Å². The monoisotopic (exact) mass is 266 g/mol. The van der Waals surface area contributed by atoms with Crippen LogP contribution >= 0.6 is 0 Å². The van der Waals surface area contributed by atoms with Crippen LogP contribution in [0.15, 0.2) is 0 Å². The summed E-state index contributed by atoms with van der Waals surface area (Å²) < 4.78 is 5.83. The maximum absolute atomic E-state index is 11.9. The van der Waals surface area contributed by atoms with Gasteiger partial charge >= 0.3 is 5.97 Å². The lowest BCUT2D eigenvalue weighted by atomic mass is 9.72. The number of hydrogen-bond donors (Lipinski definition) is 0. The van der Waals surface area contributed by atoms with Crippen molar-refractivity contribution in [2.24, 2.45) is 17.8 Å². The molecule has 0 saturated heterocycles. The average Bonchev–Trinajstić information content (AvgIpc) is 2.39. The largest absolute Gasteiger partial charge is 0.462 e. The highest BCUT2D eigenvalue weighted by Crippen LogP contribution is 2.39. The van der Waals surface area contributed by atoms with Crippen molar-refractivity contribution in [1.29, 1.82) is 0 Å². The molecule has 0 unspecified atom stereocenters. The lowest BCUT2D eigenvalue weighted by molar-refractivity contribution is -0.156. The number of esters is 1. The van der Waals surface area contributed by atoms with Gasteiger partial charge in [-0.25, -0.2) is 0 Å².